The van der Waals surface area contributed by atoms with Gasteiger partial charge in [0.05, 0.1) is 13.0 Å². The van der Waals surface area contributed by atoms with Gasteiger partial charge in [0.15, 0.2) is 6.10 Å². The maximum Gasteiger partial charge on any atom is 0.412 e. The number of carbonyl (C=O) groups is 2. The zero-order chi connectivity index (χ0) is 18.7. The van der Waals surface area contributed by atoms with Crippen molar-refractivity contribution in [2.24, 2.45) is 0 Å². The summed E-state index contributed by atoms with van der Waals surface area (Å²) < 4.78 is 23.4. The molecule has 26 heavy (non-hydrogen) atoms. The highest BCUT2D eigenvalue weighted by atomic mass is 19.1. The first-order valence-electron chi connectivity index (χ1n) is 8.15. The average molecular weight is 358 g/mol. The number of carbonyl (C=O) groups excluding carboxylic acids is 2. The van der Waals surface area contributed by atoms with Gasteiger partial charge in [-0.05, 0) is 48.9 Å². The van der Waals surface area contributed by atoms with E-state index in [9.17, 15) is 14.0 Å². The van der Waals surface area contributed by atoms with Gasteiger partial charge in [0.2, 0.25) is 0 Å². The highest BCUT2D eigenvalue weighted by Crippen LogP contribution is 2.32. The molecule has 2 aromatic carbocycles. The van der Waals surface area contributed by atoms with Crippen molar-refractivity contribution in [1.82, 2.24) is 5.32 Å². The molecule has 0 saturated carbocycles. The molecule has 3 atom stereocenters. The molecule has 0 aliphatic carbocycles. The van der Waals surface area contributed by atoms with E-state index >= 15 is 0 Å². The Labute approximate surface area is 150 Å². The van der Waals surface area contributed by atoms with Crippen LogP contribution in [0.2, 0.25) is 0 Å². The Bertz CT molecular complexity index is 792. The van der Waals surface area contributed by atoms with Crippen molar-refractivity contribution >= 4 is 17.7 Å². The molecule has 136 valence electrons. The molecule has 1 aliphatic rings. The first kappa shape index (κ1) is 17.7. The van der Waals surface area contributed by atoms with Gasteiger partial charge in [-0.15, -0.1) is 0 Å². The second kappa shape index (κ2) is 7.43. The van der Waals surface area contributed by atoms with Crippen molar-refractivity contribution in [3.63, 3.8) is 0 Å². The fraction of sp³-hybridized carbons (Fsp3) is 0.263. The van der Waals surface area contributed by atoms with Gasteiger partial charge in [0, 0.05) is 11.7 Å². The number of nitrogens with one attached hydrogen (secondary N) is 2. The molecule has 2 aromatic rings. The lowest BCUT2D eigenvalue weighted by Gasteiger charge is -2.21. The fourth-order valence-corrected chi connectivity index (χ4v) is 3.03. The van der Waals surface area contributed by atoms with E-state index in [0.29, 0.717) is 11.4 Å². The zero-order valence-electron chi connectivity index (χ0n) is 14.4. The number of benzene rings is 2. The Kier molecular flexibility index (Phi) is 5.06. The summed E-state index contributed by atoms with van der Waals surface area (Å²) in [4.78, 5) is 24.4. The average Bonchev–Trinajstić information content (AvgIpc) is 2.90. The summed E-state index contributed by atoms with van der Waals surface area (Å²) in [5.41, 5.74) is 1.24. The van der Waals surface area contributed by atoms with Gasteiger partial charge < -0.3 is 14.8 Å². The smallest absolute Gasteiger partial charge is 0.412 e. The van der Waals surface area contributed by atoms with Gasteiger partial charge in [-0.25, -0.2) is 9.18 Å². The van der Waals surface area contributed by atoms with Crippen LogP contribution >= 0.6 is 0 Å². The zero-order valence-corrected chi connectivity index (χ0v) is 14.4. The highest BCUT2D eigenvalue weighted by molar-refractivity contribution is 5.91. The Morgan fingerprint density at radius 3 is 2.38 bits per heavy atom. The van der Waals surface area contributed by atoms with Gasteiger partial charge in [-0.3, -0.25) is 10.1 Å². The molecule has 0 unspecified atom stereocenters. The Hall–Kier alpha value is -3.09. The largest absolute Gasteiger partial charge is 0.497 e. The molecular formula is C19H19FN2O4. The van der Waals surface area contributed by atoms with E-state index in [0.717, 1.165) is 5.56 Å². The van der Waals surface area contributed by atoms with Crippen LogP contribution < -0.4 is 15.4 Å². The Balaban J connectivity index is 1.73. The minimum absolute atomic E-state index is 0.195. The molecule has 0 radical (unpaired) electrons. The molecule has 0 aromatic heterocycles. The standard InChI is InChI=1S/C19H19FN2O4/c1-11-16(12-3-9-15(25-2)10-4-12)17(18(23)21-11)26-19(24)22-14-7-5-13(20)6-8-14/h3-11,16-17H,1-2H3,(H,21,23)(H,22,24)/t11-,16-,17-/m0/s1. The van der Waals surface area contributed by atoms with Crippen molar-refractivity contribution in [3.05, 3.63) is 59.9 Å². The lowest BCUT2D eigenvalue weighted by molar-refractivity contribution is -0.126. The molecule has 2 N–H and O–H groups in total. The molecule has 7 heteroatoms. The number of hydrogen-bond donors (Lipinski definition) is 2. The maximum atomic E-state index is 12.9. The third-order valence-corrected chi connectivity index (χ3v) is 4.32. The summed E-state index contributed by atoms with van der Waals surface area (Å²) in [5.74, 6) is -0.391. The minimum atomic E-state index is -0.959. The van der Waals surface area contributed by atoms with Crippen molar-refractivity contribution in [2.75, 3.05) is 12.4 Å². The number of ether oxygens (including phenoxy) is 2. The van der Waals surface area contributed by atoms with Crippen LogP contribution in [0, 0.1) is 5.82 Å². The van der Waals surface area contributed by atoms with Gasteiger partial charge >= 0.3 is 6.09 Å². The van der Waals surface area contributed by atoms with E-state index in [2.05, 4.69) is 10.6 Å². The van der Waals surface area contributed by atoms with Crippen LogP contribution in [-0.2, 0) is 9.53 Å². The molecule has 1 saturated heterocycles. The molecular weight excluding hydrogens is 339 g/mol. The topological polar surface area (TPSA) is 76.7 Å². The molecule has 1 aliphatic heterocycles. The lowest BCUT2D eigenvalue weighted by Crippen LogP contribution is -2.32. The maximum absolute atomic E-state index is 12.9. The molecule has 0 bridgehead atoms. The minimum Gasteiger partial charge on any atom is -0.497 e. The Morgan fingerprint density at radius 1 is 1.12 bits per heavy atom. The molecule has 0 spiro atoms. The number of rotatable bonds is 4. The number of halogens is 1. The van der Waals surface area contributed by atoms with Gasteiger partial charge in [0.1, 0.15) is 11.6 Å². The van der Waals surface area contributed by atoms with Crippen LogP contribution in [0.5, 0.6) is 5.75 Å². The monoisotopic (exact) mass is 358 g/mol. The van der Waals surface area contributed by atoms with Crippen molar-refractivity contribution in [1.29, 1.82) is 0 Å². The summed E-state index contributed by atoms with van der Waals surface area (Å²) in [7, 11) is 1.57. The second-order valence-corrected chi connectivity index (χ2v) is 6.05. The van der Waals surface area contributed by atoms with Crippen LogP contribution in [0.1, 0.15) is 18.4 Å². The second-order valence-electron chi connectivity index (χ2n) is 6.05. The Morgan fingerprint density at radius 2 is 1.77 bits per heavy atom. The molecule has 1 fully saturated rings. The third-order valence-electron chi connectivity index (χ3n) is 4.32. The van der Waals surface area contributed by atoms with E-state index in [1.54, 1.807) is 19.2 Å². The SMILES string of the molecule is COc1ccc([C@@H]2[C@H](C)NC(=O)[C@H]2OC(=O)Nc2ccc(F)cc2)cc1. The number of amides is 2. The fourth-order valence-electron chi connectivity index (χ4n) is 3.03. The number of anilines is 1. The summed E-state index contributed by atoms with van der Waals surface area (Å²) in [6, 6.07) is 12.3. The van der Waals surface area contributed by atoms with Crippen molar-refractivity contribution in [3.8, 4) is 5.75 Å². The van der Waals surface area contributed by atoms with Crippen LogP contribution in [0.3, 0.4) is 0 Å². The number of hydrogen-bond acceptors (Lipinski definition) is 4. The van der Waals surface area contributed by atoms with Crippen LogP contribution in [-0.4, -0.2) is 31.3 Å². The van der Waals surface area contributed by atoms with E-state index in [1.807, 2.05) is 19.1 Å². The predicted molar refractivity (Wildman–Crippen MR) is 93.6 cm³/mol. The van der Waals surface area contributed by atoms with E-state index < -0.39 is 18.0 Å². The third kappa shape index (κ3) is 3.77. The van der Waals surface area contributed by atoms with Gasteiger partial charge in [-0.2, -0.15) is 0 Å². The number of methoxy groups -OCH3 is 1. The molecule has 1 heterocycles. The molecule has 2 amide bonds. The van der Waals surface area contributed by atoms with E-state index in [1.165, 1.54) is 24.3 Å². The first-order chi connectivity index (χ1) is 12.5. The predicted octanol–water partition coefficient (Wildman–Crippen LogP) is 3.05. The summed E-state index contributed by atoms with van der Waals surface area (Å²) in [5, 5.41) is 5.29. The van der Waals surface area contributed by atoms with Crippen molar-refractivity contribution < 1.29 is 23.5 Å². The first-order valence-corrected chi connectivity index (χ1v) is 8.15. The molecule has 3 rings (SSSR count). The summed E-state index contributed by atoms with van der Waals surface area (Å²) >= 11 is 0. The van der Waals surface area contributed by atoms with Crippen LogP contribution in [0.4, 0.5) is 14.9 Å². The summed E-state index contributed by atoms with van der Waals surface area (Å²) in [6.07, 6.45) is -1.73. The highest BCUT2D eigenvalue weighted by Gasteiger charge is 2.43. The lowest BCUT2D eigenvalue weighted by atomic mass is 9.90. The van der Waals surface area contributed by atoms with Gasteiger partial charge in [0.25, 0.3) is 5.91 Å². The summed E-state index contributed by atoms with van der Waals surface area (Å²) in [6.45, 7) is 1.86. The molecule has 6 nitrogen and oxygen atoms in total. The normalized spacial score (nSPS) is 21.8. The van der Waals surface area contributed by atoms with E-state index in [4.69, 9.17) is 9.47 Å². The van der Waals surface area contributed by atoms with Gasteiger partial charge in [-0.1, -0.05) is 12.1 Å². The van der Waals surface area contributed by atoms with Crippen LogP contribution in [0.15, 0.2) is 48.5 Å². The van der Waals surface area contributed by atoms with Crippen molar-refractivity contribution in [2.45, 2.75) is 25.0 Å². The van der Waals surface area contributed by atoms with E-state index in [-0.39, 0.29) is 17.9 Å². The quantitative estimate of drug-likeness (QED) is 0.881. The van der Waals surface area contributed by atoms with Crippen LogP contribution in [0.25, 0.3) is 0 Å².